The van der Waals surface area contributed by atoms with Gasteiger partial charge in [-0.2, -0.15) is 0 Å². The van der Waals surface area contributed by atoms with E-state index in [9.17, 15) is 4.79 Å². The Kier molecular flexibility index (Phi) is 3.88. The number of carbonyl (C=O) groups is 1. The first-order chi connectivity index (χ1) is 7.70. The quantitative estimate of drug-likeness (QED) is 0.793. The van der Waals surface area contributed by atoms with Crippen LogP contribution in [0.3, 0.4) is 0 Å². The molecule has 0 radical (unpaired) electrons. The molecule has 2 nitrogen and oxygen atoms in total. The van der Waals surface area contributed by atoms with Crippen LogP contribution in [-0.2, 0) is 4.79 Å². The summed E-state index contributed by atoms with van der Waals surface area (Å²) in [5.41, 5.74) is 0. The Labute approximate surface area is 98.4 Å². The van der Waals surface area contributed by atoms with Crippen LogP contribution in [0.5, 0.6) is 0 Å². The SMILES string of the molecule is CCC[C@H]1CC[C@@H]2C[C@H](C(=O)O)CC[C@H]2C1. The number of rotatable bonds is 3. The topological polar surface area (TPSA) is 37.3 Å². The van der Waals surface area contributed by atoms with Gasteiger partial charge in [0.2, 0.25) is 0 Å². The highest BCUT2D eigenvalue weighted by Gasteiger charge is 2.37. The van der Waals surface area contributed by atoms with Crippen molar-refractivity contribution in [3.63, 3.8) is 0 Å². The summed E-state index contributed by atoms with van der Waals surface area (Å²) in [4.78, 5) is 11.0. The molecule has 0 unspecified atom stereocenters. The summed E-state index contributed by atoms with van der Waals surface area (Å²) in [5.74, 6) is 1.91. The number of carboxylic acid groups (broad SMARTS) is 1. The summed E-state index contributed by atoms with van der Waals surface area (Å²) in [5, 5.41) is 9.06. The van der Waals surface area contributed by atoms with Crippen LogP contribution < -0.4 is 0 Å². The van der Waals surface area contributed by atoms with Gasteiger partial charge in [-0.05, 0) is 49.9 Å². The van der Waals surface area contributed by atoms with Gasteiger partial charge in [0, 0.05) is 0 Å². The van der Waals surface area contributed by atoms with Crippen LogP contribution in [0.1, 0.15) is 58.3 Å². The molecular formula is C14H24O2. The molecule has 2 saturated carbocycles. The summed E-state index contributed by atoms with van der Waals surface area (Å²) in [6, 6.07) is 0. The zero-order valence-corrected chi connectivity index (χ0v) is 10.3. The fraction of sp³-hybridized carbons (Fsp3) is 0.929. The molecule has 0 bridgehead atoms. The van der Waals surface area contributed by atoms with Gasteiger partial charge in [-0.25, -0.2) is 0 Å². The summed E-state index contributed by atoms with van der Waals surface area (Å²) in [7, 11) is 0. The van der Waals surface area contributed by atoms with Crippen LogP contribution in [0.15, 0.2) is 0 Å². The van der Waals surface area contributed by atoms with Crippen molar-refractivity contribution in [3.05, 3.63) is 0 Å². The van der Waals surface area contributed by atoms with E-state index in [4.69, 9.17) is 5.11 Å². The van der Waals surface area contributed by atoms with Crippen LogP contribution in [0, 0.1) is 23.7 Å². The third kappa shape index (κ3) is 2.58. The first-order valence-corrected chi connectivity index (χ1v) is 6.93. The van der Waals surface area contributed by atoms with E-state index in [0.29, 0.717) is 0 Å². The molecule has 2 fully saturated rings. The minimum Gasteiger partial charge on any atom is -0.481 e. The van der Waals surface area contributed by atoms with Gasteiger partial charge in [-0.3, -0.25) is 4.79 Å². The van der Waals surface area contributed by atoms with Gasteiger partial charge >= 0.3 is 5.97 Å². The smallest absolute Gasteiger partial charge is 0.306 e. The molecule has 0 amide bonds. The summed E-state index contributed by atoms with van der Waals surface area (Å²) in [6.45, 7) is 2.27. The Morgan fingerprint density at radius 2 is 1.81 bits per heavy atom. The molecule has 0 saturated heterocycles. The molecule has 92 valence electrons. The van der Waals surface area contributed by atoms with Crippen molar-refractivity contribution in [2.24, 2.45) is 23.7 Å². The highest BCUT2D eigenvalue weighted by atomic mass is 16.4. The summed E-state index contributed by atoms with van der Waals surface area (Å²) >= 11 is 0. The van der Waals surface area contributed by atoms with E-state index in [1.807, 2.05) is 0 Å². The second-order valence-electron chi connectivity index (χ2n) is 5.84. The van der Waals surface area contributed by atoms with Gasteiger partial charge in [0.15, 0.2) is 0 Å². The van der Waals surface area contributed by atoms with Crippen LogP contribution in [0.4, 0.5) is 0 Å². The number of hydrogen-bond donors (Lipinski definition) is 1. The van der Waals surface area contributed by atoms with Crippen LogP contribution in [0.2, 0.25) is 0 Å². The predicted octanol–water partition coefficient (Wildman–Crippen LogP) is 3.70. The Balaban J connectivity index is 1.87. The number of aliphatic carboxylic acids is 1. The predicted molar refractivity (Wildman–Crippen MR) is 64.2 cm³/mol. The van der Waals surface area contributed by atoms with Crippen molar-refractivity contribution in [2.45, 2.75) is 58.3 Å². The van der Waals surface area contributed by atoms with Crippen molar-refractivity contribution < 1.29 is 9.90 Å². The Morgan fingerprint density at radius 3 is 2.50 bits per heavy atom. The van der Waals surface area contributed by atoms with Crippen molar-refractivity contribution >= 4 is 5.97 Å². The molecule has 0 aromatic carbocycles. The lowest BCUT2D eigenvalue weighted by Crippen LogP contribution is -2.33. The molecule has 2 aliphatic rings. The van der Waals surface area contributed by atoms with Crippen molar-refractivity contribution in [3.8, 4) is 0 Å². The van der Waals surface area contributed by atoms with E-state index in [2.05, 4.69) is 6.92 Å². The fourth-order valence-electron chi connectivity index (χ4n) is 3.88. The maximum Gasteiger partial charge on any atom is 0.306 e. The molecule has 0 aromatic heterocycles. The summed E-state index contributed by atoms with van der Waals surface area (Å²) in [6.07, 6.45) is 9.76. The number of fused-ring (bicyclic) bond motifs is 1. The largest absolute Gasteiger partial charge is 0.481 e. The van der Waals surface area contributed by atoms with Gasteiger partial charge in [0.25, 0.3) is 0 Å². The zero-order chi connectivity index (χ0) is 11.5. The van der Waals surface area contributed by atoms with Crippen molar-refractivity contribution in [1.82, 2.24) is 0 Å². The maximum absolute atomic E-state index is 11.0. The van der Waals surface area contributed by atoms with Gasteiger partial charge in [-0.1, -0.05) is 26.2 Å². The Bertz CT molecular complexity index is 249. The van der Waals surface area contributed by atoms with Gasteiger partial charge in [0.05, 0.1) is 5.92 Å². The second-order valence-corrected chi connectivity index (χ2v) is 5.84. The average molecular weight is 224 g/mol. The second kappa shape index (κ2) is 5.20. The van der Waals surface area contributed by atoms with Crippen molar-refractivity contribution in [2.75, 3.05) is 0 Å². The molecule has 2 heteroatoms. The highest BCUT2D eigenvalue weighted by molar-refractivity contribution is 5.70. The van der Waals surface area contributed by atoms with E-state index >= 15 is 0 Å². The third-order valence-electron chi connectivity index (χ3n) is 4.77. The van der Waals surface area contributed by atoms with E-state index < -0.39 is 5.97 Å². The first-order valence-electron chi connectivity index (χ1n) is 6.93. The van der Waals surface area contributed by atoms with Gasteiger partial charge in [-0.15, -0.1) is 0 Å². The van der Waals surface area contributed by atoms with E-state index in [-0.39, 0.29) is 5.92 Å². The molecule has 0 aromatic rings. The Hall–Kier alpha value is -0.530. The van der Waals surface area contributed by atoms with Gasteiger partial charge in [0.1, 0.15) is 0 Å². The zero-order valence-electron chi connectivity index (χ0n) is 10.3. The summed E-state index contributed by atoms with van der Waals surface area (Å²) < 4.78 is 0. The fourth-order valence-corrected chi connectivity index (χ4v) is 3.88. The van der Waals surface area contributed by atoms with Crippen LogP contribution in [0.25, 0.3) is 0 Å². The van der Waals surface area contributed by atoms with Crippen LogP contribution >= 0.6 is 0 Å². The molecule has 0 aliphatic heterocycles. The standard InChI is InChI=1S/C14H24O2/c1-2-3-10-4-5-12-9-13(14(15)16)7-6-11(12)8-10/h10-13H,2-9H2,1H3,(H,15,16)/t10-,11-,12+,13+/m0/s1. The average Bonchev–Trinajstić information content (AvgIpc) is 2.28. The molecule has 2 rings (SSSR count). The molecule has 4 atom stereocenters. The number of carboxylic acids is 1. The highest BCUT2D eigenvalue weighted by Crippen LogP contribution is 2.45. The maximum atomic E-state index is 11.0. The van der Waals surface area contributed by atoms with E-state index in [1.165, 1.54) is 38.5 Å². The molecule has 0 heterocycles. The molecule has 2 aliphatic carbocycles. The monoisotopic (exact) mass is 224 g/mol. The minimum absolute atomic E-state index is 0.0380. The van der Waals surface area contributed by atoms with E-state index in [1.54, 1.807) is 0 Å². The normalized spacial score (nSPS) is 39.1. The minimum atomic E-state index is -0.561. The molecule has 0 spiro atoms. The van der Waals surface area contributed by atoms with Crippen LogP contribution in [-0.4, -0.2) is 11.1 Å². The first kappa shape index (κ1) is 11.9. The lowest BCUT2D eigenvalue weighted by Gasteiger charge is -2.41. The van der Waals surface area contributed by atoms with Gasteiger partial charge < -0.3 is 5.11 Å². The molecule has 1 N–H and O–H groups in total. The third-order valence-corrected chi connectivity index (χ3v) is 4.77. The molecule has 16 heavy (non-hydrogen) atoms. The molecular weight excluding hydrogens is 200 g/mol. The Morgan fingerprint density at radius 1 is 1.12 bits per heavy atom. The lowest BCUT2D eigenvalue weighted by molar-refractivity contribution is -0.144. The van der Waals surface area contributed by atoms with Crippen molar-refractivity contribution in [1.29, 1.82) is 0 Å². The lowest BCUT2D eigenvalue weighted by atomic mass is 9.64. The number of hydrogen-bond acceptors (Lipinski definition) is 1. The van der Waals surface area contributed by atoms with E-state index in [0.717, 1.165) is 30.6 Å².